The first kappa shape index (κ1) is 12.1. The van der Waals surface area contributed by atoms with Crippen LogP contribution in [0.3, 0.4) is 0 Å². The maximum absolute atomic E-state index is 10.6. The summed E-state index contributed by atoms with van der Waals surface area (Å²) in [5.41, 5.74) is 5.74. The number of non-ortho nitro benzene ring substituents is 1. The second kappa shape index (κ2) is 4.84. The SMILES string of the molecule is NC(=O)Oc1ccc(-c2ccc([N+](=O)[O-])cc2)s1. The zero-order chi connectivity index (χ0) is 13.1. The second-order valence-corrected chi connectivity index (χ2v) is 4.39. The van der Waals surface area contributed by atoms with Gasteiger partial charge in [0.2, 0.25) is 0 Å². The fraction of sp³-hybridized carbons (Fsp3) is 0. The van der Waals surface area contributed by atoms with Crippen LogP contribution in [0.2, 0.25) is 0 Å². The molecule has 0 aliphatic carbocycles. The predicted molar refractivity (Wildman–Crippen MR) is 66.6 cm³/mol. The van der Waals surface area contributed by atoms with E-state index in [1.807, 2.05) is 0 Å². The molecule has 1 aromatic heterocycles. The molecule has 0 fully saturated rings. The molecule has 0 saturated carbocycles. The van der Waals surface area contributed by atoms with Gasteiger partial charge in [-0.25, -0.2) is 4.79 Å². The van der Waals surface area contributed by atoms with Gasteiger partial charge in [0.05, 0.1) is 4.92 Å². The molecule has 1 heterocycles. The Hall–Kier alpha value is -2.41. The number of nitro benzene ring substituents is 1. The van der Waals surface area contributed by atoms with Gasteiger partial charge in [0, 0.05) is 17.0 Å². The van der Waals surface area contributed by atoms with Crippen LogP contribution < -0.4 is 10.5 Å². The molecule has 6 nitrogen and oxygen atoms in total. The third-order valence-corrected chi connectivity index (χ3v) is 3.16. The van der Waals surface area contributed by atoms with Gasteiger partial charge < -0.3 is 10.5 Å². The molecule has 0 saturated heterocycles. The summed E-state index contributed by atoms with van der Waals surface area (Å²) in [6.07, 6.45) is -0.868. The van der Waals surface area contributed by atoms with E-state index in [2.05, 4.69) is 0 Å². The average Bonchev–Trinajstić information content (AvgIpc) is 2.76. The lowest BCUT2D eigenvalue weighted by atomic mass is 10.2. The lowest BCUT2D eigenvalue weighted by molar-refractivity contribution is -0.384. The van der Waals surface area contributed by atoms with E-state index in [0.29, 0.717) is 5.06 Å². The third kappa shape index (κ3) is 2.64. The van der Waals surface area contributed by atoms with E-state index >= 15 is 0 Å². The van der Waals surface area contributed by atoms with Gasteiger partial charge in [-0.15, -0.1) is 0 Å². The van der Waals surface area contributed by atoms with Crippen molar-refractivity contribution in [2.75, 3.05) is 0 Å². The molecular formula is C11H8N2O4S. The smallest absolute Gasteiger partial charge is 0.399 e. The van der Waals surface area contributed by atoms with Crippen LogP contribution in [0.5, 0.6) is 5.06 Å². The average molecular weight is 264 g/mol. The van der Waals surface area contributed by atoms with Gasteiger partial charge in [-0.2, -0.15) is 0 Å². The number of hydrogen-bond donors (Lipinski definition) is 1. The van der Waals surface area contributed by atoms with E-state index in [1.54, 1.807) is 24.3 Å². The van der Waals surface area contributed by atoms with Crippen LogP contribution >= 0.6 is 11.3 Å². The Kier molecular flexibility index (Phi) is 3.24. The molecule has 0 aliphatic heterocycles. The molecule has 0 unspecified atom stereocenters. The fourth-order valence-corrected chi connectivity index (χ4v) is 2.24. The van der Waals surface area contributed by atoms with Gasteiger partial charge in [0.1, 0.15) is 0 Å². The van der Waals surface area contributed by atoms with Crippen molar-refractivity contribution in [3.05, 3.63) is 46.5 Å². The Labute approximate surface area is 106 Å². The number of amides is 1. The van der Waals surface area contributed by atoms with Gasteiger partial charge in [-0.3, -0.25) is 10.1 Å². The number of thiophene rings is 1. The summed E-state index contributed by atoms with van der Waals surface area (Å²) in [6, 6.07) is 9.49. The van der Waals surface area contributed by atoms with E-state index < -0.39 is 11.0 Å². The van der Waals surface area contributed by atoms with Crippen LogP contribution in [0.15, 0.2) is 36.4 Å². The van der Waals surface area contributed by atoms with Crippen molar-refractivity contribution in [2.45, 2.75) is 0 Å². The van der Waals surface area contributed by atoms with Crippen LogP contribution in [0.1, 0.15) is 0 Å². The van der Waals surface area contributed by atoms with E-state index in [9.17, 15) is 14.9 Å². The number of rotatable bonds is 3. The number of primary amides is 1. The van der Waals surface area contributed by atoms with Crippen molar-refractivity contribution in [1.82, 2.24) is 0 Å². The molecule has 7 heteroatoms. The van der Waals surface area contributed by atoms with Crippen LogP contribution in [-0.2, 0) is 0 Å². The number of carbonyl (C=O) groups is 1. The minimum Gasteiger partial charge on any atom is -0.399 e. The molecule has 1 aromatic carbocycles. The number of ether oxygens (including phenoxy) is 1. The van der Waals surface area contributed by atoms with Crippen molar-refractivity contribution < 1.29 is 14.5 Å². The molecule has 1 amide bonds. The molecule has 0 atom stereocenters. The van der Waals surface area contributed by atoms with Crippen molar-refractivity contribution in [2.24, 2.45) is 5.73 Å². The molecule has 92 valence electrons. The molecule has 0 radical (unpaired) electrons. The zero-order valence-corrected chi connectivity index (χ0v) is 9.85. The van der Waals surface area contributed by atoms with Gasteiger partial charge in [-0.1, -0.05) is 11.3 Å². The lowest BCUT2D eigenvalue weighted by Gasteiger charge is -1.97. The van der Waals surface area contributed by atoms with Crippen LogP contribution in [0, 0.1) is 10.1 Å². The Balaban J connectivity index is 2.23. The summed E-state index contributed by atoms with van der Waals surface area (Å²) in [5, 5.41) is 10.9. The van der Waals surface area contributed by atoms with Gasteiger partial charge in [0.25, 0.3) is 5.69 Å². The summed E-state index contributed by atoms with van der Waals surface area (Å²) < 4.78 is 4.73. The van der Waals surface area contributed by atoms with Crippen LogP contribution in [-0.4, -0.2) is 11.0 Å². The highest BCUT2D eigenvalue weighted by molar-refractivity contribution is 7.17. The van der Waals surface area contributed by atoms with Crippen molar-refractivity contribution in [1.29, 1.82) is 0 Å². The Bertz CT molecular complexity index is 591. The maximum Gasteiger partial charge on any atom is 0.410 e. The fourth-order valence-electron chi connectivity index (χ4n) is 1.38. The van der Waals surface area contributed by atoms with E-state index in [1.165, 1.54) is 23.5 Å². The number of benzene rings is 1. The van der Waals surface area contributed by atoms with Crippen LogP contribution in [0.25, 0.3) is 10.4 Å². The molecule has 18 heavy (non-hydrogen) atoms. The van der Waals surface area contributed by atoms with Crippen LogP contribution in [0.4, 0.5) is 10.5 Å². The summed E-state index contributed by atoms with van der Waals surface area (Å²) >= 11 is 1.24. The van der Waals surface area contributed by atoms with E-state index in [-0.39, 0.29) is 5.69 Å². The predicted octanol–water partition coefficient (Wildman–Crippen LogP) is 2.78. The molecule has 0 bridgehead atoms. The van der Waals surface area contributed by atoms with Crippen molar-refractivity contribution >= 4 is 23.1 Å². The Morgan fingerprint density at radius 2 is 1.89 bits per heavy atom. The number of nitrogens with two attached hydrogens (primary N) is 1. The van der Waals surface area contributed by atoms with E-state index in [4.69, 9.17) is 10.5 Å². The summed E-state index contributed by atoms with van der Waals surface area (Å²) in [7, 11) is 0. The molecule has 2 N–H and O–H groups in total. The quantitative estimate of drug-likeness (QED) is 0.681. The summed E-state index contributed by atoms with van der Waals surface area (Å²) in [5.74, 6) is 0. The third-order valence-electron chi connectivity index (χ3n) is 2.15. The standard InChI is InChI=1S/C11H8N2O4S/c12-11(14)17-10-6-5-9(18-10)7-1-3-8(4-2-7)13(15)16/h1-6H,(H2,12,14). The number of nitrogens with zero attached hydrogens (tertiary/aromatic N) is 1. The normalized spacial score (nSPS) is 10.0. The Morgan fingerprint density at radius 3 is 2.44 bits per heavy atom. The minimum absolute atomic E-state index is 0.0314. The van der Waals surface area contributed by atoms with Gasteiger partial charge >= 0.3 is 6.09 Å². The molecular weight excluding hydrogens is 256 g/mol. The zero-order valence-electron chi connectivity index (χ0n) is 9.03. The van der Waals surface area contributed by atoms with E-state index in [0.717, 1.165) is 10.4 Å². The number of nitro groups is 1. The monoisotopic (exact) mass is 264 g/mol. The first-order valence-electron chi connectivity index (χ1n) is 4.88. The first-order valence-corrected chi connectivity index (χ1v) is 5.70. The molecule has 0 spiro atoms. The highest BCUT2D eigenvalue weighted by Gasteiger charge is 2.08. The van der Waals surface area contributed by atoms with Gasteiger partial charge in [0.15, 0.2) is 5.06 Å². The highest BCUT2D eigenvalue weighted by Crippen LogP contribution is 2.33. The van der Waals surface area contributed by atoms with Crippen molar-refractivity contribution in [3.8, 4) is 15.5 Å². The van der Waals surface area contributed by atoms with Gasteiger partial charge in [-0.05, 0) is 29.8 Å². The maximum atomic E-state index is 10.6. The first-order chi connectivity index (χ1) is 8.56. The largest absolute Gasteiger partial charge is 0.410 e. The topological polar surface area (TPSA) is 95.5 Å². The number of carbonyl (C=O) groups excluding carboxylic acids is 1. The molecule has 2 aromatic rings. The molecule has 2 rings (SSSR count). The lowest BCUT2D eigenvalue weighted by Crippen LogP contribution is -2.15. The minimum atomic E-state index is -0.868. The highest BCUT2D eigenvalue weighted by atomic mass is 32.1. The number of hydrogen-bond acceptors (Lipinski definition) is 5. The Morgan fingerprint density at radius 1 is 1.22 bits per heavy atom. The molecule has 0 aliphatic rings. The second-order valence-electron chi connectivity index (χ2n) is 3.34. The summed E-state index contributed by atoms with van der Waals surface area (Å²) in [6.45, 7) is 0. The van der Waals surface area contributed by atoms with Crippen molar-refractivity contribution in [3.63, 3.8) is 0 Å². The summed E-state index contributed by atoms with van der Waals surface area (Å²) in [4.78, 5) is 21.5.